The molecule has 0 spiro atoms. The first-order valence-electron chi connectivity index (χ1n) is 7.09. The maximum atomic E-state index is 12.9. The van der Waals surface area contributed by atoms with Crippen LogP contribution < -0.4 is 0 Å². The van der Waals surface area contributed by atoms with E-state index in [0.29, 0.717) is 17.4 Å². The summed E-state index contributed by atoms with van der Waals surface area (Å²) in [7, 11) is 0. The zero-order valence-corrected chi connectivity index (χ0v) is 11.6. The second-order valence-corrected chi connectivity index (χ2v) is 5.71. The predicted octanol–water partition coefficient (Wildman–Crippen LogP) is 5.70. The van der Waals surface area contributed by atoms with E-state index in [1.807, 2.05) is 6.07 Å². The Balaban J connectivity index is 2.25. The largest absolute Gasteiger partial charge is 0.416 e. The van der Waals surface area contributed by atoms with Gasteiger partial charge in [0.25, 0.3) is 0 Å². The summed E-state index contributed by atoms with van der Waals surface area (Å²) in [5.41, 5.74) is 0.721. The highest BCUT2D eigenvalue weighted by molar-refractivity contribution is 5.35. The van der Waals surface area contributed by atoms with E-state index in [9.17, 15) is 13.2 Å². The summed E-state index contributed by atoms with van der Waals surface area (Å²) < 4.78 is 38.8. The molecule has 0 amide bonds. The standard InChI is InChI=1S/C16H21F3/c1-3-12-5-4-6-13(9-12)14-8-7-11(2)15(10-14)16(17,18)19/h7-8,10,12-13H,3-6,9H2,1-2H3/t12-,13?/m1/s1. The second-order valence-electron chi connectivity index (χ2n) is 5.71. The van der Waals surface area contributed by atoms with Crippen molar-refractivity contribution in [3.8, 4) is 0 Å². The average molecular weight is 270 g/mol. The van der Waals surface area contributed by atoms with Crippen molar-refractivity contribution in [2.24, 2.45) is 5.92 Å². The zero-order valence-electron chi connectivity index (χ0n) is 11.6. The van der Waals surface area contributed by atoms with Crippen molar-refractivity contribution in [3.05, 3.63) is 34.9 Å². The first-order chi connectivity index (χ1) is 8.91. The molecule has 0 N–H and O–H groups in total. The molecule has 1 aliphatic rings. The summed E-state index contributed by atoms with van der Waals surface area (Å²) in [5.74, 6) is 0.981. The fourth-order valence-electron chi connectivity index (χ4n) is 3.16. The number of aryl methyl sites for hydroxylation is 1. The quantitative estimate of drug-likeness (QED) is 0.647. The maximum absolute atomic E-state index is 12.9. The van der Waals surface area contributed by atoms with Crippen LogP contribution >= 0.6 is 0 Å². The lowest BCUT2D eigenvalue weighted by molar-refractivity contribution is -0.138. The van der Waals surface area contributed by atoms with E-state index in [1.54, 1.807) is 6.07 Å². The third-order valence-corrected chi connectivity index (χ3v) is 4.40. The molecule has 0 bridgehead atoms. The lowest BCUT2D eigenvalue weighted by Gasteiger charge is -2.29. The van der Waals surface area contributed by atoms with E-state index in [2.05, 4.69) is 6.92 Å². The molecule has 0 nitrogen and oxygen atoms in total. The molecule has 0 aromatic heterocycles. The first kappa shape index (κ1) is 14.4. The minimum Gasteiger partial charge on any atom is -0.166 e. The molecule has 1 aliphatic carbocycles. The monoisotopic (exact) mass is 270 g/mol. The fourth-order valence-corrected chi connectivity index (χ4v) is 3.16. The van der Waals surface area contributed by atoms with Crippen LogP contribution in [-0.2, 0) is 6.18 Å². The molecule has 0 saturated heterocycles. The molecule has 1 unspecified atom stereocenters. The molecule has 1 aromatic carbocycles. The van der Waals surface area contributed by atoms with E-state index < -0.39 is 11.7 Å². The molecule has 19 heavy (non-hydrogen) atoms. The minimum absolute atomic E-state index is 0.306. The number of hydrogen-bond acceptors (Lipinski definition) is 0. The van der Waals surface area contributed by atoms with Crippen LogP contribution in [0.5, 0.6) is 0 Å². The second kappa shape index (κ2) is 5.56. The van der Waals surface area contributed by atoms with Crippen molar-refractivity contribution in [1.29, 1.82) is 0 Å². The Morgan fingerprint density at radius 2 is 1.95 bits per heavy atom. The normalized spacial score (nSPS) is 24.5. The lowest BCUT2D eigenvalue weighted by atomic mass is 9.76. The van der Waals surface area contributed by atoms with Crippen molar-refractivity contribution in [1.82, 2.24) is 0 Å². The molecule has 106 valence electrons. The molecule has 2 rings (SSSR count). The van der Waals surface area contributed by atoms with Gasteiger partial charge in [-0.25, -0.2) is 0 Å². The Labute approximate surface area is 113 Å². The molecule has 1 aromatic rings. The van der Waals surface area contributed by atoms with Gasteiger partial charge in [-0.3, -0.25) is 0 Å². The van der Waals surface area contributed by atoms with Crippen molar-refractivity contribution < 1.29 is 13.2 Å². The number of rotatable bonds is 2. The van der Waals surface area contributed by atoms with E-state index in [0.717, 1.165) is 31.2 Å². The summed E-state index contributed by atoms with van der Waals surface area (Å²) in [6, 6.07) is 4.87. The van der Waals surface area contributed by atoms with Crippen LogP contribution in [0, 0.1) is 12.8 Å². The molecule has 1 fully saturated rings. The van der Waals surface area contributed by atoms with Crippen LogP contribution in [0.2, 0.25) is 0 Å². The van der Waals surface area contributed by atoms with Gasteiger partial charge < -0.3 is 0 Å². The van der Waals surface area contributed by atoms with Gasteiger partial charge in [0.1, 0.15) is 0 Å². The molecule has 0 radical (unpaired) electrons. The highest BCUT2D eigenvalue weighted by Gasteiger charge is 2.33. The van der Waals surface area contributed by atoms with Crippen LogP contribution in [0.1, 0.15) is 61.6 Å². The molecule has 0 aliphatic heterocycles. The maximum Gasteiger partial charge on any atom is 0.416 e. The van der Waals surface area contributed by atoms with Crippen LogP contribution in [0.3, 0.4) is 0 Å². The Morgan fingerprint density at radius 1 is 1.21 bits per heavy atom. The Bertz CT molecular complexity index is 434. The topological polar surface area (TPSA) is 0 Å². The zero-order chi connectivity index (χ0) is 14.0. The summed E-state index contributed by atoms with van der Waals surface area (Å²) >= 11 is 0. The van der Waals surface area contributed by atoms with E-state index in [4.69, 9.17) is 0 Å². The van der Waals surface area contributed by atoms with Gasteiger partial charge in [0.05, 0.1) is 5.56 Å². The van der Waals surface area contributed by atoms with Crippen molar-refractivity contribution in [2.75, 3.05) is 0 Å². The van der Waals surface area contributed by atoms with Gasteiger partial charge in [-0.2, -0.15) is 13.2 Å². The first-order valence-corrected chi connectivity index (χ1v) is 7.09. The van der Waals surface area contributed by atoms with E-state index in [-0.39, 0.29) is 0 Å². The van der Waals surface area contributed by atoms with Crippen molar-refractivity contribution in [2.45, 2.75) is 58.0 Å². The molecule has 0 heterocycles. The molecular formula is C16H21F3. The fraction of sp³-hybridized carbons (Fsp3) is 0.625. The highest BCUT2D eigenvalue weighted by atomic mass is 19.4. The summed E-state index contributed by atoms with van der Waals surface area (Å²) in [4.78, 5) is 0. The Hall–Kier alpha value is -0.990. The Kier molecular flexibility index (Phi) is 4.22. The molecule has 3 heteroatoms. The summed E-state index contributed by atoms with van der Waals surface area (Å²) in [5, 5.41) is 0. The van der Waals surface area contributed by atoms with Crippen LogP contribution in [0.4, 0.5) is 13.2 Å². The van der Waals surface area contributed by atoms with Gasteiger partial charge in [0.2, 0.25) is 0 Å². The Morgan fingerprint density at radius 3 is 2.58 bits per heavy atom. The van der Waals surface area contributed by atoms with Crippen molar-refractivity contribution >= 4 is 0 Å². The van der Waals surface area contributed by atoms with E-state index >= 15 is 0 Å². The number of hydrogen-bond donors (Lipinski definition) is 0. The van der Waals surface area contributed by atoms with Gasteiger partial charge >= 0.3 is 6.18 Å². The highest BCUT2D eigenvalue weighted by Crippen LogP contribution is 2.40. The van der Waals surface area contributed by atoms with Gasteiger partial charge in [0, 0.05) is 0 Å². The van der Waals surface area contributed by atoms with Crippen LogP contribution in [-0.4, -0.2) is 0 Å². The van der Waals surface area contributed by atoms with Crippen molar-refractivity contribution in [3.63, 3.8) is 0 Å². The van der Waals surface area contributed by atoms with Gasteiger partial charge in [-0.15, -0.1) is 0 Å². The van der Waals surface area contributed by atoms with E-state index in [1.165, 1.54) is 19.4 Å². The summed E-state index contributed by atoms with van der Waals surface area (Å²) in [6.07, 6.45) is 1.32. The van der Waals surface area contributed by atoms with Crippen LogP contribution in [0.25, 0.3) is 0 Å². The third kappa shape index (κ3) is 3.31. The number of benzene rings is 1. The third-order valence-electron chi connectivity index (χ3n) is 4.40. The lowest BCUT2D eigenvalue weighted by Crippen LogP contribution is -2.15. The molecule has 1 saturated carbocycles. The minimum atomic E-state index is -4.24. The molecule has 2 atom stereocenters. The van der Waals surface area contributed by atoms with Crippen LogP contribution in [0.15, 0.2) is 18.2 Å². The summed E-state index contributed by atoms with van der Waals surface area (Å²) in [6.45, 7) is 3.70. The number of halogens is 3. The van der Waals surface area contributed by atoms with Gasteiger partial charge in [-0.1, -0.05) is 38.3 Å². The van der Waals surface area contributed by atoms with Gasteiger partial charge in [-0.05, 0) is 48.8 Å². The average Bonchev–Trinajstić information content (AvgIpc) is 2.38. The number of alkyl halides is 3. The predicted molar refractivity (Wildman–Crippen MR) is 71.2 cm³/mol. The SMILES string of the molecule is CC[C@@H]1CCCC(c2ccc(C)c(C(F)(F)F)c2)C1. The smallest absolute Gasteiger partial charge is 0.166 e. The molecular weight excluding hydrogens is 249 g/mol. The van der Waals surface area contributed by atoms with Gasteiger partial charge in [0.15, 0.2) is 0 Å².